The molecule has 0 aromatic heterocycles. The minimum absolute atomic E-state index is 0.0369. The molecule has 2 atom stereocenters. The van der Waals surface area contributed by atoms with Crippen molar-refractivity contribution in [3.05, 3.63) is 35.9 Å². The lowest BCUT2D eigenvalue weighted by atomic mass is 9.76. The number of carbonyl (C=O) groups is 1. The van der Waals surface area contributed by atoms with Crippen molar-refractivity contribution >= 4 is 11.6 Å². The number of rotatable bonds is 8. The van der Waals surface area contributed by atoms with Gasteiger partial charge < -0.3 is 15.2 Å². The van der Waals surface area contributed by atoms with Gasteiger partial charge in [0.1, 0.15) is 0 Å². The molecule has 1 heterocycles. The van der Waals surface area contributed by atoms with Crippen LogP contribution in [0.4, 0.5) is 0 Å². The first-order valence-electron chi connectivity index (χ1n) is 9.67. The van der Waals surface area contributed by atoms with Crippen molar-refractivity contribution in [2.75, 3.05) is 27.3 Å². The summed E-state index contributed by atoms with van der Waals surface area (Å²) < 4.78 is 10.8. The number of nitrogens with two attached hydrogens (primary N) is 1. The van der Waals surface area contributed by atoms with Crippen molar-refractivity contribution < 1.29 is 14.3 Å². The zero-order valence-electron chi connectivity index (χ0n) is 16.2. The fourth-order valence-electron chi connectivity index (χ4n) is 3.84. The SMILES string of the molecule is COc1ccc(C2=NN(CCCCCN)C(=O)C3CC=CCC23)cc1OC. The Labute approximate surface area is 161 Å². The zero-order valence-corrected chi connectivity index (χ0v) is 16.2. The predicted molar refractivity (Wildman–Crippen MR) is 106 cm³/mol. The molecule has 1 aromatic carbocycles. The van der Waals surface area contributed by atoms with Crippen LogP contribution in [-0.4, -0.2) is 43.9 Å². The fourth-order valence-corrected chi connectivity index (χ4v) is 3.84. The number of nitrogens with zero attached hydrogens (tertiary/aromatic N) is 2. The number of hydrazone groups is 1. The lowest BCUT2D eigenvalue weighted by molar-refractivity contribution is -0.137. The number of unbranched alkanes of at least 4 members (excludes halogenated alkanes) is 2. The summed E-state index contributed by atoms with van der Waals surface area (Å²) in [5.41, 5.74) is 7.52. The molecule has 0 bridgehead atoms. The Morgan fingerprint density at radius 2 is 1.81 bits per heavy atom. The van der Waals surface area contributed by atoms with Crippen LogP contribution in [-0.2, 0) is 4.79 Å². The van der Waals surface area contributed by atoms with Gasteiger partial charge >= 0.3 is 0 Å². The molecule has 2 aliphatic rings. The van der Waals surface area contributed by atoms with Crippen LogP contribution in [0.5, 0.6) is 11.5 Å². The molecule has 1 aromatic rings. The minimum atomic E-state index is -0.0369. The Balaban J connectivity index is 1.91. The summed E-state index contributed by atoms with van der Waals surface area (Å²) in [6, 6.07) is 5.85. The zero-order chi connectivity index (χ0) is 19.2. The van der Waals surface area contributed by atoms with Crippen molar-refractivity contribution in [1.82, 2.24) is 5.01 Å². The third-order valence-electron chi connectivity index (χ3n) is 5.34. The molecule has 2 N–H and O–H groups in total. The third-order valence-corrected chi connectivity index (χ3v) is 5.34. The molecule has 0 radical (unpaired) electrons. The predicted octanol–water partition coefficient (Wildman–Crippen LogP) is 2.96. The van der Waals surface area contributed by atoms with E-state index >= 15 is 0 Å². The summed E-state index contributed by atoms with van der Waals surface area (Å²) in [7, 11) is 3.25. The van der Waals surface area contributed by atoms with Gasteiger partial charge in [0, 0.05) is 18.0 Å². The van der Waals surface area contributed by atoms with E-state index in [0.717, 1.165) is 43.4 Å². The monoisotopic (exact) mass is 371 g/mol. The molecule has 1 aliphatic heterocycles. The number of ether oxygens (including phenoxy) is 2. The highest BCUT2D eigenvalue weighted by Gasteiger charge is 2.39. The molecule has 0 saturated carbocycles. The van der Waals surface area contributed by atoms with Gasteiger partial charge in [-0.05, 0) is 50.4 Å². The second-order valence-electron chi connectivity index (χ2n) is 7.02. The van der Waals surface area contributed by atoms with Crippen LogP contribution in [0.3, 0.4) is 0 Å². The number of fused-ring (bicyclic) bond motifs is 1. The van der Waals surface area contributed by atoms with Gasteiger partial charge in [0.15, 0.2) is 11.5 Å². The van der Waals surface area contributed by atoms with Crippen molar-refractivity contribution in [3.63, 3.8) is 0 Å². The molecular formula is C21H29N3O3. The number of hydrogen-bond acceptors (Lipinski definition) is 5. The van der Waals surface area contributed by atoms with E-state index < -0.39 is 0 Å². The molecule has 27 heavy (non-hydrogen) atoms. The highest BCUT2D eigenvalue weighted by Crippen LogP contribution is 2.36. The van der Waals surface area contributed by atoms with Gasteiger partial charge in [0.25, 0.3) is 0 Å². The van der Waals surface area contributed by atoms with E-state index in [2.05, 4.69) is 12.2 Å². The van der Waals surface area contributed by atoms with Gasteiger partial charge in [0.2, 0.25) is 5.91 Å². The molecule has 6 heteroatoms. The fraction of sp³-hybridized carbons (Fsp3) is 0.524. The van der Waals surface area contributed by atoms with E-state index in [9.17, 15) is 4.79 Å². The maximum Gasteiger partial charge on any atom is 0.246 e. The van der Waals surface area contributed by atoms with Crippen LogP contribution >= 0.6 is 0 Å². The number of allylic oxidation sites excluding steroid dienone is 2. The largest absolute Gasteiger partial charge is 0.493 e. The first-order valence-corrected chi connectivity index (χ1v) is 9.67. The summed E-state index contributed by atoms with van der Waals surface area (Å²) >= 11 is 0. The quantitative estimate of drug-likeness (QED) is 0.563. The maximum atomic E-state index is 12.9. The summed E-state index contributed by atoms with van der Waals surface area (Å²) in [5, 5.41) is 6.45. The van der Waals surface area contributed by atoms with Gasteiger partial charge in [-0.25, -0.2) is 5.01 Å². The molecule has 1 amide bonds. The summed E-state index contributed by atoms with van der Waals surface area (Å²) in [6.45, 7) is 1.33. The normalized spacial score (nSPS) is 21.7. The maximum absolute atomic E-state index is 12.9. The van der Waals surface area contributed by atoms with Crippen LogP contribution in [0.25, 0.3) is 0 Å². The molecule has 0 saturated heterocycles. The first-order chi connectivity index (χ1) is 13.2. The smallest absolute Gasteiger partial charge is 0.246 e. The average Bonchev–Trinajstić information content (AvgIpc) is 2.72. The van der Waals surface area contributed by atoms with Crippen LogP contribution in [0.1, 0.15) is 37.7 Å². The Morgan fingerprint density at radius 3 is 2.52 bits per heavy atom. The molecule has 0 fully saturated rings. The van der Waals surface area contributed by atoms with E-state index in [-0.39, 0.29) is 17.7 Å². The van der Waals surface area contributed by atoms with Crippen LogP contribution in [0.15, 0.2) is 35.5 Å². The second kappa shape index (κ2) is 9.04. The van der Waals surface area contributed by atoms with Crippen molar-refractivity contribution in [1.29, 1.82) is 0 Å². The molecule has 6 nitrogen and oxygen atoms in total. The van der Waals surface area contributed by atoms with Crippen LogP contribution in [0, 0.1) is 11.8 Å². The highest BCUT2D eigenvalue weighted by molar-refractivity contribution is 6.07. The Hall–Kier alpha value is -2.34. The number of hydrogen-bond donors (Lipinski definition) is 1. The number of methoxy groups -OCH3 is 2. The summed E-state index contributed by atoms with van der Waals surface area (Å²) in [6.07, 6.45) is 8.78. The topological polar surface area (TPSA) is 77.1 Å². The lowest BCUT2D eigenvalue weighted by Crippen LogP contribution is -2.45. The van der Waals surface area contributed by atoms with Gasteiger partial charge in [-0.3, -0.25) is 4.79 Å². The average molecular weight is 371 g/mol. The Bertz CT molecular complexity index is 729. The summed E-state index contributed by atoms with van der Waals surface area (Å²) in [5.74, 6) is 1.58. The number of carbonyl (C=O) groups excluding carboxylic acids is 1. The van der Waals surface area contributed by atoms with Crippen molar-refractivity contribution in [2.24, 2.45) is 22.7 Å². The van der Waals surface area contributed by atoms with E-state index in [1.54, 1.807) is 19.2 Å². The van der Waals surface area contributed by atoms with Crippen LogP contribution in [0.2, 0.25) is 0 Å². The van der Waals surface area contributed by atoms with Gasteiger partial charge in [-0.15, -0.1) is 0 Å². The molecule has 1 aliphatic carbocycles. The third kappa shape index (κ3) is 4.16. The Morgan fingerprint density at radius 1 is 1.07 bits per heavy atom. The second-order valence-corrected chi connectivity index (χ2v) is 7.02. The van der Waals surface area contributed by atoms with E-state index in [0.29, 0.717) is 24.6 Å². The summed E-state index contributed by atoms with van der Waals surface area (Å²) in [4.78, 5) is 12.9. The van der Waals surface area contributed by atoms with Gasteiger partial charge in [-0.1, -0.05) is 18.6 Å². The number of amides is 1. The standard InChI is InChI=1S/C21H29N3O3/c1-26-18-11-10-15(14-19(18)27-2)20-16-8-4-5-9-17(16)21(25)24(23-20)13-7-3-6-12-22/h4-5,10-11,14,16-17H,3,6-9,12-13,22H2,1-2H3. The number of benzene rings is 1. The molecular weight excluding hydrogens is 342 g/mol. The first kappa shape index (κ1) is 19.4. The van der Waals surface area contributed by atoms with Crippen LogP contribution < -0.4 is 15.2 Å². The molecule has 3 rings (SSSR count). The van der Waals surface area contributed by atoms with E-state index in [4.69, 9.17) is 20.3 Å². The molecule has 2 unspecified atom stereocenters. The van der Waals surface area contributed by atoms with E-state index in [1.165, 1.54) is 0 Å². The lowest BCUT2D eigenvalue weighted by Gasteiger charge is -2.37. The van der Waals surface area contributed by atoms with Crippen molar-refractivity contribution in [3.8, 4) is 11.5 Å². The van der Waals surface area contributed by atoms with E-state index in [1.807, 2.05) is 18.2 Å². The van der Waals surface area contributed by atoms with Gasteiger partial charge in [-0.2, -0.15) is 5.10 Å². The molecule has 146 valence electrons. The van der Waals surface area contributed by atoms with Gasteiger partial charge in [0.05, 0.1) is 25.8 Å². The Kier molecular flexibility index (Phi) is 6.50. The van der Waals surface area contributed by atoms with Crippen molar-refractivity contribution in [2.45, 2.75) is 32.1 Å². The highest BCUT2D eigenvalue weighted by atomic mass is 16.5. The molecule has 0 spiro atoms. The minimum Gasteiger partial charge on any atom is -0.493 e.